The molecule has 26 heavy (non-hydrogen) atoms. The third-order valence-corrected chi connectivity index (χ3v) is 4.81. The van der Waals surface area contributed by atoms with Gasteiger partial charge in [-0.25, -0.2) is 9.67 Å². The highest BCUT2D eigenvalue weighted by Crippen LogP contribution is 2.23. The van der Waals surface area contributed by atoms with E-state index in [9.17, 15) is 4.79 Å². The Morgan fingerprint density at radius 2 is 2.12 bits per heavy atom. The summed E-state index contributed by atoms with van der Waals surface area (Å²) < 4.78 is 7.48. The van der Waals surface area contributed by atoms with E-state index in [1.165, 1.54) is 5.56 Å². The predicted octanol–water partition coefficient (Wildman–Crippen LogP) is 3.34. The first-order valence-corrected chi connectivity index (χ1v) is 9.45. The number of aromatic nitrogens is 3. The van der Waals surface area contributed by atoms with E-state index < -0.39 is 0 Å². The Hall–Kier alpha value is -2.21. The molecule has 0 spiro atoms. The number of amides is 1. The van der Waals surface area contributed by atoms with Crippen LogP contribution in [-0.2, 0) is 4.74 Å². The van der Waals surface area contributed by atoms with Crippen LogP contribution in [0.3, 0.4) is 0 Å². The first kappa shape index (κ1) is 18.6. The molecule has 1 saturated heterocycles. The van der Waals surface area contributed by atoms with Crippen molar-refractivity contribution in [3.8, 4) is 5.69 Å². The van der Waals surface area contributed by atoms with Gasteiger partial charge in [0, 0.05) is 19.7 Å². The molecule has 1 aliphatic rings. The molecule has 0 bridgehead atoms. The number of likely N-dealkylation sites (tertiary alicyclic amines) is 1. The number of piperidine rings is 1. The average Bonchev–Trinajstić information content (AvgIpc) is 3.03. The number of para-hydroxylation sites is 1. The number of carbonyl (C=O) groups is 1. The van der Waals surface area contributed by atoms with Gasteiger partial charge >= 0.3 is 0 Å². The molecule has 1 aromatic carbocycles. The summed E-state index contributed by atoms with van der Waals surface area (Å²) in [5.41, 5.74) is 2.17. The van der Waals surface area contributed by atoms with E-state index in [2.05, 4.69) is 30.0 Å². The Morgan fingerprint density at radius 1 is 1.35 bits per heavy atom. The second kappa shape index (κ2) is 7.99. The van der Waals surface area contributed by atoms with Gasteiger partial charge in [-0.1, -0.05) is 32.0 Å². The summed E-state index contributed by atoms with van der Waals surface area (Å²) in [5, 5.41) is 4.54. The maximum Gasteiger partial charge on any atom is 0.293 e. The number of hydrogen-bond donors (Lipinski definition) is 0. The van der Waals surface area contributed by atoms with Crippen LogP contribution in [0.25, 0.3) is 5.69 Å². The second-order valence-electron chi connectivity index (χ2n) is 7.08. The second-order valence-corrected chi connectivity index (χ2v) is 7.08. The zero-order valence-corrected chi connectivity index (χ0v) is 16.1. The molecule has 2 heterocycles. The first-order chi connectivity index (χ1) is 12.5. The monoisotopic (exact) mass is 356 g/mol. The van der Waals surface area contributed by atoms with Crippen LogP contribution in [0.1, 0.15) is 61.5 Å². The van der Waals surface area contributed by atoms with Crippen molar-refractivity contribution in [2.75, 3.05) is 19.7 Å². The average molecular weight is 356 g/mol. The Labute approximate surface area is 155 Å². The maximum atomic E-state index is 12.9. The van der Waals surface area contributed by atoms with Crippen LogP contribution < -0.4 is 0 Å². The molecule has 0 N–H and O–H groups in total. The lowest BCUT2D eigenvalue weighted by atomic mass is 10.0. The smallest absolute Gasteiger partial charge is 0.293 e. The molecule has 0 aliphatic carbocycles. The minimum Gasteiger partial charge on any atom is -0.377 e. The van der Waals surface area contributed by atoms with Crippen molar-refractivity contribution >= 4 is 5.91 Å². The van der Waals surface area contributed by atoms with Crippen LogP contribution in [0.2, 0.25) is 0 Å². The lowest BCUT2D eigenvalue weighted by Crippen LogP contribution is -2.43. The molecule has 1 amide bonds. The summed E-state index contributed by atoms with van der Waals surface area (Å²) in [4.78, 5) is 19.2. The van der Waals surface area contributed by atoms with Gasteiger partial charge in [-0.05, 0) is 44.2 Å². The maximum absolute atomic E-state index is 12.9. The number of aryl methyl sites for hydroxylation is 1. The van der Waals surface area contributed by atoms with E-state index in [0.29, 0.717) is 19.1 Å². The van der Waals surface area contributed by atoms with Crippen LogP contribution in [-0.4, -0.2) is 51.4 Å². The van der Waals surface area contributed by atoms with E-state index >= 15 is 0 Å². The van der Waals surface area contributed by atoms with E-state index in [4.69, 9.17) is 4.74 Å². The molecule has 1 fully saturated rings. The van der Waals surface area contributed by atoms with Gasteiger partial charge < -0.3 is 9.64 Å². The van der Waals surface area contributed by atoms with E-state index in [1.54, 1.807) is 4.68 Å². The van der Waals surface area contributed by atoms with Crippen molar-refractivity contribution in [3.63, 3.8) is 0 Å². The Morgan fingerprint density at radius 3 is 2.85 bits per heavy atom. The largest absolute Gasteiger partial charge is 0.377 e. The lowest BCUT2D eigenvalue weighted by Gasteiger charge is -2.31. The number of benzene rings is 1. The molecule has 1 atom stereocenters. The summed E-state index contributed by atoms with van der Waals surface area (Å²) >= 11 is 0. The molecule has 0 saturated carbocycles. The molecule has 6 nitrogen and oxygen atoms in total. The van der Waals surface area contributed by atoms with Crippen LogP contribution in [0.5, 0.6) is 0 Å². The van der Waals surface area contributed by atoms with E-state index in [0.717, 1.165) is 30.9 Å². The predicted molar refractivity (Wildman–Crippen MR) is 101 cm³/mol. The molecular weight excluding hydrogens is 328 g/mol. The van der Waals surface area contributed by atoms with Gasteiger partial charge in [0.15, 0.2) is 0 Å². The molecule has 1 aliphatic heterocycles. The minimum atomic E-state index is -0.113. The molecule has 3 rings (SSSR count). The van der Waals surface area contributed by atoms with Crippen molar-refractivity contribution in [1.82, 2.24) is 19.7 Å². The SMILES string of the molecule is CCO[C@@H]1CCCN(C(=O)c2nc(C)n(-c3ccccc3C(C)C)n2)C1. The minimum absolute atomic E-state index is 0.113. The van der Waals surface area contributed by atoms with Crippen molar-refractivity contribution in [2.45, 2.75) is 52.6 Å². The summed E-state index contributed by atoms with van der Waals surface area (Å²) in [6.45, 7) is 10.2. The number of rotatable bonds is 5. The highest BCUT2D eigenvalue weighted by Gasteiger charge is 2.28. The number of ether oxygens (including phenoxy) is 1. The molecule has 2 aromatic rings. The van der Waals surface area contributed by atoms with Crippen molar-refractivity contribution in [1.29, 1.82) is 0 Å². The quantitative estimate of drug-likeness (QED) is 0.824. The lowest BCUT2D eigenvalue weighted by molar-refractivity contribution is 0.00681. The summed E-state index contributed by atoms with van der Waals surface area (Å²) in [6, 6.07) is 8.14. The van der Waals surface area contributed by atoms with Gasteiger partial charge in [0.05, 0.1) is 11.8 Å². The normalized spacial score (nSPS) is 17.7. The van der Waals surface area contributed by atoms with Gasteiger partial charge in [-0.15, -0.1) is 5.10 Å². The third-order valence-electron chi connectivity index (χ3n) is 4.81. The first-order valence-electron chi connectivity index (χ1n) is 9.45. The zero-order chi connectivity index (χ0) is 18.7. The van der Waals surface area contributed by atoms with Crippen LogP contribution >= 0.6 is 0 Å². The Bertz CT molecular complexity index is 767. The van der Waals surface area contributed by atoms with Crippen molar-refractivity contribution in [2.24, 2.45) is 0 Å². The molecule has 6 heteroatoms. The zero-order valence-electron chi connectivity index (χ0n) is 16.1. The van der Waals surface area contributed by atoms with E-state index in [-0.39, 0.29) is 17.8 Å². The fraction of sp³-hybridized carbons (Fsp3) is 0.550. The highest BCUT2D eigenvalue weighted by molar-refractivity contribution is 5.90. The summed E-state index contributed by atoms with van der Waals surface area (Å²) in [6.07, 6.45) is 2.06. The van der Waals surface area contributed by atoms with Crippen LogP contribution in [0, 0.1) is 6.92 Å². The highest BCUT2D eigenvalue weighted by atomic mass is 16.5. The van der Waals surface area contributed by atoms with Crippen LogP contribution in [0.4, 0.5) is 0 Å². The standard InChI is InChI=1S/C20H28N4O2/c1-5-26-16-9-8-12-23(13-16)20(25)19-21-15(4)24(22-19)18-11-7-6-10-17(18)14(2)3/h6-7,10-11,14,16H,5,8-9,12-13H2,1-4H3/t16-/m1/s1. The number of hydrogen-bond acceptors (Lipinski definition) is 4. The third kappa shape index (κ3) is 3.80. The van der Waals surface area contributed by atoms with Crippen LogP contribution in [0.15, 0.2) is 24.3 Å². The fourth-order valence-corrected chi connectivity index (χ4v) is 3.51. The van der Waals surface area contributed by atoms with Gasteiger partial charge in [-0.3, -0.25) is 4.79 Å². The van der Waals surface area contributed by atoms with Crippen molar-refractivity contribution < 1.29 is 9.53 Å². The number of carbonyl (C=O) groups excluding carboxylic acids is 1. The fourth-order valence-electron chi connectivity index (χ4n) is 3.51. The Balaban J connectivity index is 1.85. The summed E-state index contributed by atoms with van der Waals surface area (Å²) in [5.74, 6) is 1.24. The van der Waals surface area contributed by atoms with Gasteiger partial charge in [-0.2, -0.15) is 0 Å². The summed E-state index contributed by atoms with van der Waals surface area (Å²) in [7, 11) is 0. The molecular formula is C20H28N4O2. The molecule has 0 unspecified atom stereocenters. The van der Waals surface area contributed by atoms with Crippen molar-refractivity contribution in [3.05, 3.63) is 41.5 Å². The van der Waals surface area contributed by atoms with Gasteiger partial charge in [0.2, 0.25) is 5.82 Å². The number of nitrogens with zero attached hydrogens (tertiary/aromatic N) is 4. The topological polar surface area (TPSA) is 60.2 Å². The molecule has 0 radical (unpaired) electrons. The van der Waals surface area contributed by atoms with Gasteiger partial charge in [0.1, 0.15) is 5.82 Å². The Kier molecular flexibility index (Phi) is 5.71. The van der Waals surface area contributed by atoms with Gasteiger partial charge in [0.25, 0.3) is 5.91 Å². The van der Waals surface area contributed by atoms with E-state index in [1.807, 2.05) is 36.9 Å². The molecule has 1 aromatic heterocycles. The molecule has 140 valence electrons.